The van der Waals surface area contributed by atoms with E-state index >= 15 is 0 Å². The van der Waals surface area contributed by atoms with Crippen molar-refractivity contribution in [2.75, 3.05) is 0 Å². The van der Waals surface area contributed by atoms with Gasteiger partial charge in [-0.05, 0) is 5.56 Å². The van der Waals surface area contributed by atoms with Gasteiger partial charge in [0, 0.05) is 0 Å². The molecular formula is C12H11N5. The van der Waals surface area contributed by atoms with Crippen LogP contribution in [0.1, 0.15) is 5.56 Å². The molecule has 0 unspecified atom stereocenters. The van der Waals surface area contributed by atoms with E-state index in [4.69, 9.17) is 16.3 Å². The van der Waals surface area contributed by atoms with Crippen molar-refractivity contribution in [1.29, 1.82) is 10.5 Å². The number of hydrogen-bond acceptors (Lipinski definition) is 4. The van der Waals surface area contributed by atoms with E-state index < -0.39 is 0 Å². The normalized spacial score (nSPS) is 11.4. The highest BCUT2D eigenvalue weighted by molar-refractivity contribution is 5.60. The van der Waals surface area contributed by atoms with E-state index in [0.717, 1.165) is 5.56 Å². The highest BCUT2D eigenvalue weighted by Crippen LogP contribution is 1.99. The van der Waals surface area contributed by atoms with Gasteiger partial charge in [0.2, 0.25) is 0 Å². The highest BCUT2D eigenvalue weighted by Gasteiger charge is 1.98. The molecule has 1 aromatic rings. The molecule has 5 nitrogen and oxygen atoms in total. The molecule has 1 aromatic carbocycles. The Labute approximate surface area is 99.5 Å². The number of rotatable bonds is 4. The monoisotopic (exact) mass is 225 g/mol. The molecule has 0 saturated heterocycles. The van der Waals surface area contributed by atoms with E-state index in [1.165, 1.54) is 6.34 Å². The Morgan fingerprint density at radius 1 is 1.29 bits per heavy atom. The average Bonchev–Trinajstić information content (AvgIpc) is 2.39. The zero-order valence-electron chi connectivity index (χ0n) is 9.09. The Bertz CT molecular complexity index is 502. The Kier molecular flexibility index (Phi) is 4.80. The molecule has 0 heterocycles. The number of nitrogens with zero attached hydrogens (tertiary/aromatic N) is 3. The summed E-state index contributed by atoms with van der Waals surface area (Å²) in [6, 6.07) is 13.1. The van der Waals surface area contributed by atoms with Crippen LogP contribution in [0.2, 0.25) is 0 Å². The van der Waals surface area contributed by atoms with Gasteiger partial charge in [-0.3, -0.25) is 4.99 Å². The second kappa shape index (κ2) is 6.65. The van der Waals surface area contributed by atoms with Crippen LogP contribution in [0, 0.1) is 22.7 Å². The molecule has 84 valence electrons. The van der Waals surface area contributed by atoms with Crippen molar-refractivity contribution in [3.8, 4) is 12.1 Å². The molecule has 0 spiro atoms. The maximum absolute atomic E-state index is 8.68. The van der Waals surface area contributed by atoms with Gasteiger partial charge in [0.05, 0.1) is 12.9 Å². The van der Waals surface area contributed by atoms with Crippen molar-refractivity contribution in [3.63, 3.8) is 0 Å². The molecule has 0 aromatic heterocycles. The summed E-state index contributed by atoms with van der Waals surface area (Å²) in [4.78, 5) is 4.06. The Morgan fingerprint density at radius 3 is 2.59 bits per heavy atom. The molecule has 0 saturated carbocycles. The van der Waals surface area contributed by atoms with Crippen LogP contribution in [-0.2, 0) is 6.54 Å². The third kappa shape index (κ3) is 4.06. The first-order chi connectivity index (χ1) is 8.27. The Hall–Kier alpha value is -2.79. The quantitative estimate of drug-likeness (QED) is 0.454. The smallest absolute Gasteiger partial charge is 0.152 e. The minimum atomic E-state index is -0.154. The van der Waals surface area contributed by atoms with Gasteiger partial charge in [-0.15, -0.1) is 0 Å². The zero-order valence-corrected chi connectivity index (χ0v) is 9.09. The highest BCUT2D eigenvalue weighted by atomic mass is 15.0. The molecule has 0 aliphatic carbocycles. The number of nitrogens with one attached hydrogen (secondary N) is 1. The summed E-state index contributed by atoms with van der Waals surface area (Å²) in [5.74, 6) is 0. The summed E-state index contributed by atoms with van der Waals surface area (Å²) in [6.07, 6.45) is 1.36. The number of hydrogen-bond donors (Lipinski definition) is 2. The number of benzene rings is 1. The predicted molar refractivity (Wildman–Crippen MR) is 64.2 cm³/mol. The van der Waals surface area contributed by atoms with Gasteiger partial charge in [0.1, 0.15) is 17.8 Å². The molecular weight excluding hydrogens is 214 g/mol. The minimum Gasteiger partial charge on any atom is -0.388 e. The van der Waals surface area contributed by atoms with Gasteiger partial charge in [0.15, 0.2) is 5.70 Å². The third-order valence-corrected chi connectivity index (χ3v) is 1.92. The van der Waals surface area contributed by atoms with Gasteiger partial charge in [-0.2, -0.15) is 10.5 Å². The summed E-state index contributed by atoms with van der Waals surface area (Å²) in [5.41, 5.74) is 6.20. The lowest BCUT2D eigenvalue weighted by Crippen LogP contribution is -2.15. The van der Waals surface area contributed by atoms with Crippen molar-refractivity contribution >= 4 is 6.34 Å². The molecule has 0 aliphatic heterocycles. The Morgan fingerprint density at radius 2 is 2.00 bits per heavy atom. The van der Waals surface area contributed by atoms with E-state index in [-0.39, 0.29) is 11.4 Å². The fourth-order valence-corrected chi connectivity index (χ4v) is 1.07. The van der Waals surface area contributed by atoms with E-state index in [1.807, 2.05) is 30.3 Å². The molecule has 0 atom stereocenters. The fraction of sp³-hybridized carbons (Fsp3) is 0.0833. The molecule has 0 bridgehead atoms. The zero-order chi connectivity index (χ0) is 12.5. The van der Waals surface area contributed by atoms with Crippen LogP contribution >= 0.6 is 0 Å². The van der Waals surface area contributed by atoms with Crippen LogP contribution in [0.5, 0.6) is 0 Å². The van der Waals surface area contributed by atoms with Gasteiger partial charge < -0.3 is 11.1 Å². The second-order valence-corrected chi connectivity index (χ2v) is 3.11. The summed E-state index contributed by atoms with van der Waals surface area (Å²) < 4.78 is 0. The van der Waals surface area contributed by atoms with Crippen LogP contribution < -0.4 is 11.1 Å². The van der Waals surface area contributed by atoms with Crippen molar-refractivity contribution in [2.45, 2.75) is 6.54 Å². The number of aliphatic imine (C=N–C) groups is 1. The van der Waals surface area contributed by atoms with E-state index in [9.17, 15) is 0 Å². The van der Waals surface area contributed by atoms with E-state index in [0.29, 0.717) is 6.54 Å². The molecule has 0 radical (unpaired) electrons. The van der Waals surface area contributed by atoms with Crippen molar-refractivity contribution < 1.29 is 0 Å². The molecule has 5 heteroatoms. The average molecular weight is 225 g/mol. The molecule has 0 amide bonds. The van der Waals surface area contributed by atoms with Crippen LogP contribution in [0.25, 0.3) is 0 Å². The van der Waals surface area contributed by atoms with Crippen molar-refractivity contribution in [3.05, 3.63) is 47.3 Å². The van der Waals surface area contributed by atoms with Gasteiger partial charge in [-0.25, -0.2) is 0 Å². The summed E-state index contributed by atoms with van der Waals surface area (Å²) in [5, 5.41) is 19.8. The van der Waals surface area contributed by atoms with Crippen LogP contribution in [0.15, 0.2) is 46.7 Å². The molecule has 17 heavy (non-hydrogen) atoms. The SMILES string of the molecule is N#C/C(N)=C(\C#N)NC=NCc1ccccc1. The lowest BCUT2D eigenvalue weighted by atomic mass is 10.2. The fourth-order valence-electron chi connectivity index (χ4n) is 1.07. The Balaban J connectivity index is 2.53. The molecule has 0 fully saturated rings. The van der Waals surface area contributed by atoms with Crippen LogP contribution in [0.3, 0.4) is 0 Å². The number of nitrogens with two attached hydrogens (primary N) is 1. The van der Waals surface area contributed by atoms with E-state index in [1.54, 1.807) is 12.1 Å². The van der Waals surface area contributed by atoms with Crippen LogP contribution in [0.4, 0.5) is 0 Å². The lowest BCUT2D eigenvalue weighted by molar-refractivity contribution is 1.04. The summed E-state index contributed by atoms with van der Waals surface area (Å²) in [6.45, 7) is 0.499. The topological polar surface area (TPSA) is 98.0 Å². The minimum absolute atomic E-state index is 0.00399. The van der Waals surface area contributed by atoms with Gasteiger partial charge in [-0.1, -0.05) is 30.3 Å². The van der Waals surface area contributed by atoms with Crippen molar-refractivity contribution in [1.82, 2.24) is 5.32 Å². The molecule has 3 N–H and O–H groups in total. The first-order valence-corrected chi connectivity index (χ1v) is 4.86. The van der Waals surface area contributed by atoms with Crippen molar-refractivity contribution in [2.24, 2.45) is 10.7 Å². The number of nitriles is 2. The first kappa shape index (κ1) is 12.3. The van der Waals surface area contributed by atoms with Crippen LogP contribution in [-0.4, -0.2) is 6.34 Å². The summed E-state index contributed by atoms with van der Waals surface area (Å²) >= 11 is 0. The van der Waals surface area contributed by atoms with Gasteiger partial charge in [0.25, 0.3) is 0 Å². The maximum atomic E-state index is 8.68. The van der Waals surface area contributed by atoms with Gasteiger partial charge >= 0.3 is 0 Å². The summed E-state index contributed by atoms with van der Waals surface area (Å²) in [7, 11) is 0. The number of allylic oxidation sites excluding steroid dienone is 2. The maximum Gasteiger partial charge on any atom is 0.152 e. The first-order valence-electron chi connectivity index (χ1n) is 4.86. The second-order valence-electron chi connectivity index (χ2n) is 3.11. The molecule has 1 rings (SSSR count). The van der Waals surface area contributed by atoms with E-state index in [2.05, 4.69) is 10.3 Å². The standard InChI is InChI=1S/C12H11N5/c13-6-11(15)12(7-14)17-9-16-8-10-4-2-1-3-5-10/h1-5,9H,8,15H2,(H,16,17)/b12-11-. The largest absolute Gasteiger partial charge is 0.388 e. The molecule has 0 aliphatic rings. The third-order valence-electron chi connectivity index (χ3n) is 1.92. The lowest BCUT2D eigenvalue weighted by Gasteiger charge is -1.98. The predicted octanol–water partition coefficient (Wildman–Crippen LogP) is 1.02.